The topological polar surface area (TPSA) is 91.3 Å². The summed E-state index contributed by atoms with van der Waals surface area (Å²) in [6.45, 7) is 3.77. The van der Waals surface area contributed by atoms with Gasteiger partial charge in [-0.2, -0.15) is 5.10 Å². The van der Waals surface area contributed by atoms with Crippen LogP contribution in [0.2, 0.25) is 0 Å². The maximum atomic E-state index is 10.5. The third-order valence-corrected chi connectivity index (χ3v) is 5.35. The maximum Gasteiger partial charge on any atom is 0.181 e. The van der Waals surface area contributed by atoms with Crippen LogP contribution < -0.4 is 4.74 Å². The molecule has 0 saturated carbocycles. The SMILES string of the molecule is COc1ccccc1-c1[nH]nc2ncc(-c3cccc([C@H](O)[C@H](O)C(C)C)c3)cc12. The van der Waals surface area contributed by atoms with Crippen molar-refractivity contribution in [2.24, 2.45) is 5.92 Å². The predicted octanol–water partition coefficient (Wildman–Crippen LogP) is 4.35. The van der Waals surface area contributed by atoms with Crippen LogP contribution in [0.4, 0.5) is 0 Å². The van der Waals surface area contributed by atoms with Gasteiger partial charge in [-0.15, -0.1) is 0 Å². The first-order chi connectivity index (χ1) is 14.5. The summed E-state index contributed by atoms with van der Waals surface area (Å²) >= 11 is 0. The minimum Gasteiger partial charge on any atom is -0.496 e. The number of nitrogens with one attached hydrogen (secondary N) is 1. The van der Waals surface area contributed by atoms with Crippen molar-refractivity contribution >= 4 is 11.0 Å². The smallest absolute Gasteiger partial charge is 0.181 e. The molecule has 4 aromatic rings. The van der Waals surface area contributed by atoms with E-state index < -0.39 is 12.2 Å². The van der Waals surface area contributed by atoms with Gasteiger partial charge in [0.15, 0.2) is 5.65 Å². The van der Waals surface area contributed by atoms with Gasteiger partial charge in [-0.1, -0.05) is 44.2 Å². The fourth-order valence-corrected chi connectivity index (χ4v) is 3.58. The van der Waals surface area contributed by atoms with E-state index in [0.29, 0.717) is 11.2 Å². The summed E-state index contributed by atoms with van der Waals surface area (Å²) in [5.41, 5.74) is 4.84. The molecular weight excluding hydrogens is 378 g/mol. The first-order valence-corrected chi connectivity index (χ1v) is 9.93. The lowest BCUT2D eigenvalue weighted by Gasteiger charge is -2.21. The molecule has 0 bridgehead atoms. The van der Waals surface area contributed by atoms with E-state index in [1.807, 2.05) is 68.4 Å². The molecule has 6 heteroatoms. The van der Waals surface area contributed by atoms with Crippen molar-refractivity contribution in [1.29, 1.82) is 0 Å². The standard InChI is InChI=1S/C24H25N3O3/c1-14(2)22(28)23(29)16-8-6-7-15(11-16)17-12-19-21(26-27-24(19)25-13-17)18-9-4-5-10-20(18)30-3/h4-14,22-23,28-29H,1-3H3,(H,25,26,27)/t22-,23+/m1/s1. The molecule has 2 atom stereocenters. The van der Waals surface area contributed by atoms with Gasteiger partial charge in [-0.3, -0.25) is 5.10 Å². The number of hydrogen-bond acceptors (Lipinski definition) is 5. The van der Waals surface area contributed by atoms with Gasteiger partial charge in [-0.25, -0.2) is 4.98 Å². The van der Waals surface area contributed by atoms with E-state index in [1.165, 1.54) is 0 Å². The number of methoxy groups -OCH3 is 1. The largest absolute Gasteiger partial charge is 0.496 e. The van der Waals surface area contributed by atoms with Crippen molar-refractivity contribution < 1.29 is 14.9 Å². The Balaban J connectivity index is 1.77. The number of aromatic amines is 1. The summed E-state index contributed by atoms with van der Waals surface area (Å²) in [6, 6.07) is 17.3. The second kappa shape index (κ2) is 8.26. The van der Waals surface area contributed by atoms with Gasteiger partial charge in [-0.05, 0) is 41.3 Å². The number of aliphatic hydroxyl groups is 2. The van der Waals surface area contributed by atoms with Crippen molar-refractivity contribution in [2.45, 2.75) is 26.1 Å². The molecule has 0 aliphatic heterocycles. The molecular formula is C24H25N3O3. The summed E-state index contributed by atoms with van der Waals surface area (Å²) in [5, 5.41) is 29.1. The van der Waals surface area contributed by atoms with Gasteiger partial charge in [0, 0.05) is 22.7 Å². The number of benzene rings is 2. The monoisotopic (exact) mass is 403 g/mol. The van der Waals surface area contributed by atoms with E-state index in [0.717, 1.165) is 33.5 Å². The van der Waals surface area contributed by atoms with Gasteiger partial charge < -0.3 is 14.9 Å². The molecule has 0 radical (unpaired) electrons. The molecule has 2 heterocycles. The Labute approximate surface area is 175 Å². The van der Waals surface area contributed by atoms with E-state index >= 15 is 0 Å². The Bertz CT molecular complexity index is 1170. The highest BCUT2D eigenvalue weighted by atomic mass is 16.5. The number of pyridine rings is 1. The van der Waals surface area contributed by atoms with Crippen LogP contribution in [0.1, 0.15) is 25.5 Å². The van der Waals surface area contributed by atoms with Gasteiger partial charge in [0.1, 0.15) is 11.9 Å². The van der Waals surface area contributed by atoms with Crippen molar-refractivity contribution in [1.82, 2.24) is 15.2 Å². The van der Waals surface area contributed by atoms with Crippen molar-refractivity contribution in [3.05, 3.63) is 66.4 Å². The molecule has 4 rings (SSSR count). The summed E-state index contributed by atoms with van der Waals surface area (Å²) in [4.78, 5) is 4.50. The van der Waals surface area contributed by atoms with Gasteiger partial charge in [0.05, 0.1) is 18.9 Å². The van der Waals surface area contributed by atoms with Crippen LogP contribution in [0, 0.1) is 5.92 Å². The van der Waals surface area contributed by atoms with Gasteiger partial charge in [0.2, 0.25) is 0 Å². The van der Waals surface area contributed by atoms with Crippen LogP contribution in [-0.2, 0) is 0 Å². The molecule has 0 amide bonds. The highest BCUT2D eigenvalue weighted by Crippen LogP contribution is 2.35. The highest BCUT2D eigenvalue weighted by molar-refractivity contribution is 5.94. The van der Waals surface area contributed by atoms with Gasteiger partial charge in [0.25, 0.3) is 0 Å². The number of ether oxygens (including phenoxy) is 1. The highest BCUT2D eigenvalue weighted by Gasteiger charge is 2.22. The number of nitrogens with zero attached hydrogens (tertiary/aromatic N) is 2. The minimum atomic E-state index is -0.945. The summed E-state index contributed by atoms with van der Waals surface area (Å²) < 4.78 is 5.50. The van der Waals surface area contributed by atoms with E-state index in [1.54, 1.807) is 13.3 Å². The zero-order valence-corrected chi connectivity index (χ0v) is 17.2. The van der Waals surface area contributed by atoms with Crippen LogP contribution in [0.15, 0.2) is 60.8 Å². The molecule has 0 aliphatic rings. The third kappa shape index (κ3) is 3.67. The average Bonchev–Trinajstić information content (AvgIpc) is 3.21. The Morgan fingerprint density at radius 2 is 1.77 bits per heavy atom. The maximum absolute atomic E-state index is 10.5. The molecule has 154 valence electrons. The zero-order valence-electron chi connectivity index (χ0n) is 17.2. The lowest BCUT2D eigenvalue weighted by molar-refractivity contribution is -0.00937. The molecule has 3 N–H and O–H groups in total. The lowest BCUT2D eigenvalue weighted by Crippen LogP contribution is -2.23. The van der Waals surface area contributed by atoms with Gasteiger partial charge >= 0.3 is 0 Å². The third-order valence-electron chi connectivity index (χ3n) is 5.35. The zero-order chi connectivity index (χ0) is 21.3. The van der Waals surface area contributed by atoms with E-state index in [9.17, 15) is 10.2 Å². The molecule has 2 aromatic carbocycles. The Hall–Kier alpha value is -3.22. The summed E-state index contributed by atoms with van der Waals surface area (Å²) in [6.07, 6.45) is -0.00824. The summed E-state index contributed by atoms with van der Waals surface area (Å²) in [7, 11) is 1.64. The molecule has 2 aromatic heterocycles. The first kappa shape index (κ1) is 20.1. The molecule has 0 saturated heterocycles. The van der Waals surface area contributed by atoms with Crippen LogP contribution in [0.5, 0.6) is 5.75 Å². The molecule has 6 nitrogen and oxygen atoms in total. The Morgan fingerprint density at radius 1 is 0.967 bits per heavy atom. The van der Waals surface area contributed by atoms with E-state index in [4.69, 9.17) is 4.74 Å². The second-order valence-corrected chi connectivity index (χ2v) is 7.70. The summed E-state index contributed by atoms with van der Waals surface area (Å²) in [5.74, 6) is 0.706. The van der Waals surface area contributed by atoms with Crippen LogP contribution in [-0.4, -0.2) is 38.6 Å². The quantitative estimate of drug-likeness (QED) is 0.445. The van der Waals surface area contributed by atoms with Crippen LogP contribution in [0.3, 0.4) is 0 Å². The molecule has 0 unspecified atom stereocenters. The molecule has 30 heavy (non-hydrogen) atoms. The van der Waals surface area contributed by atoms with Crippen molar-refractivity contribution in [2.75, 3.05) is 7.11 Å². The predicted molar refractivity (Wildman–Crippen MR) is 117 cm³/mol. The fourth-order valence-electron chi connectivity index (χ4n) is 3.58. The first-order valence-electron chi connectivity index (χ1n) is 9.93. The number of aromatic nitrogens is 3. The van der Waals surface area contributed by atoms with Crippen molar-refractivity contribution in [3.63, 3.8) is 0 Å². The Kier molecular flexibility index (Phi) is 5.53. The number of aliphatic hydroxyl groups excluding tert-OH is 2. The second-order valence-electron chi connectivity index (χ2n) is 7.70. The van der Waals surface area contributed by atoms with Crippen molar-refractivity contribution in [3.8, 4) is 28.1 Å². The van der Waals surface area contributed by atoms with E-state index in [-0.39, 0.29) is 5.92 Å². The molecule has 0 aliphatic carbocycles. The van der Waals surface area contributed by atoms with Crippen LogP contribution in [0.25, 0.3) is 33.4 Å². The number of para-hydroxylation sites is 1. The molecule has 0 fully saturated rings. The molecule has 0 spiro atoms. The number of fused-ring (bicyclic) bond motifs is 1. The van der Waals surface area contributed by atoms with Crippen LogP contribution >= 0.6 is 0 Å². The normalized spacial score (nSPS) is 13.5. The number of rotatable bonds is 6. The lowest BCUT2D eigenvalue weighted by atomic mass is 9.94. The average molecular weight is 403 g/mol. The number of hydrogen-bond donors (Lipinski definition) is 3. The fraction of sp³-hybridized carbons (Fsp3) is 0.250. The van der Waals surface area contributed by atoms with E-state index in [2.05, 4.69) is 15.2 Å². The minimum absolute atomic E-state index is 0.0454. The number of H-pyrrole nitrogens is 1. The Morgan fingerprint density at radius 3 is 2.53 bits per heavy atom.